The fraction of sp³-hybridized carbons (Fsp3) is 0.435. The molecule has 3 rings (SSSR count). The molecule has 1 aromatic carbocycles. The first-order chi connectivity index (χ1) is 16.1. The standard InChI is InChI=1S/C23H29N3O7S/c1-15(2)21(25-34(30,31)18-8-6-17(32-3)7-9-18)23(29)33-14-20(27)16-12-19(24-13-16)22(28)26-10-4-5-11-26/h6-9,12-13,15,21,24-25H,4-5,10-11,14H2,1-3H3/t21-/m0/s1. The number of rotatable bonds is 10. The van der Waals surface area contributed by atoms with Gasteiger partial charge in [0.25, 0.3) is 5.91 Å². The number of hydrogen-bond donors (Lipinski definition) is 2. The molecule has 34 heavy (non-hydrogen) atoms. The highest BCUT2D eigenvalue weighted by atomic mass is 32.2. The van der Waals surface area contributed by atoms with E-state index in [2.05, 4.69) is 9.71 Å². The zero-order valence-electron chi connectivity index (χ0n) is 19.4. The number of nitrogens with zero attached hydrogens (tertiary/aromatic N) is 1. The maximum atomic E-state index is 12.7. The lowest BCUT2D eigenvalue weighted by molar-refractivity contribution is -0.145. The van der Waals surface area contributed by atoms with Crippen LogP contribution in [0.1, 0.15) is 47.5 Å². The maximum Gasteiger partial charge on any atom is 0.324 e. The highest BCUT2D eigenvalue weighted by molar-refractivity contribution is 7.89. The molecule has 0 aliphatic carbocycles. The van der Waals surface area contributed by atoms with E-state index in [4.69, 9.17) is 9.47 Å². The highest BCUT2D eigenvalue weighted by Gasteiger charge is 2.30. The van der Waals surface area contributed by atoms with Crippen molar-refractivity contribution in [1.82, 2.24) is 14.6 Å². The number of aromatic nitrogens is 1. The minimum atomic E-state index is -4.02. The van der Waals surface area contributed by atoms with Crippen LogP contribution >= 0.6 is 0 Å². The maximum absolute atomic E-state index is 12.7. The summed E-state index contributed by atoms with van der Waals surface area (Å²) in [5.74, 6) is -1.50. The monoisotopic (exact) mass is 491 g/mol. The molecule has 0 bridgehead atoms. The van der Waals surface area contributed by atoms with Crippen LogP contribution in [0.15, 0.2) is 41.4 Å². The number of Topliss-reactive ketones (excluding diaryl/α,β-unsaturated/α-hetero) is 1. The second-order valence-electron chi connectivity index (χ2n) is 8.35. The van der Waals surface area contributed by atoms with Crippen molar-refractivity contribution in [2.24, 2.45) is 5.92 Å². The van der Waals surface area contributed by atoms with E-state index in [9.17, 15) is 22.8 Å². The molecule has 10 nitrogen and oxygen atoms in total. The van der Waals surface area contributed by atoms with Gasteiger partial charge in [-0.25, -0.2) is 8.42 Å². The van der Waals surface area contributed by atoms with E-state index in [1.807, 2.05) is 0 Å². The molecule has 2 heterocycles. The Balaban J connectivity index is 1.61. The Kier molecular flexibility index (Phi) is 8.11. The Labute approximate surface area is 198 Å². The highest BCUT2D eigenvalue weighted by Crippen LogP contribution is 2.18. The summed E-state index contributed by atoms with van der Waals surface area (Å²) in [5.41, 5.74) is 0.499. The summed E-state index contributed by atoms with van der Waals surface area (Å²) in [7, 11) is -2.55. The van der Waals surface area contributed by atoms with Crippen LogP contribution in [0.4, 0.5) is 0 Å². The number of benzene rings is 1. The molecular weight excluding hydrogens is 462 g/mol. The molecule has 1 fully saturated rings. The number of esters is 1. The lowest BCUT2D eigenvalue weighted by Gasteiger charge is -2.20. The molecule has 0 saturated carbocycles. The number of nitrogens with one attached hydrogen (secondary N) is 2. The molecule has 2 aromatic rings. The second-order valence-corrected chi connectivity index (χ2v) is 10.1. The molecule has 1 aromatic heterocycles. The first-order valence-corrected chi connectivity index (χ1v) is 12.4. The van der Waals surface area contributed by atoms with Gasteiger partial charge in [-0.3, -0.25) is 14.4 Å². The van der Waals surface area contributed by atoms with Gasteiger partial charge >= 0.3 is 5.97 Å². The third kappa shape index (κ3) is 6.03. The van der Waals surface area contributed by atoms with Gasteiger partial charge in [0.05, 0.1) is 12.0 Å². The van der Waals surface area contributed by atoms with Crippen molar-refractivity contribution in [2.75, 3.05) is 26.8 Å². The summed E-state index contributed by atoms with van der Waals surface area (Å²) < 4.78 is 37.9. The molecule has 0 spiro atoms. The number of amides is 1. The predicted octanol–water partition coefficient (Wildman–Crippen LogP) is 1.99. The fourth-order valence-corrected chi connectivity index (χ4v) is 4.86. The van der Waals surface area contributed by atoms with Crippen LogP contribution in [0.2, 0.25) is 0 Å². The van der Waals surface area contributed by atoms with E-state index in [0.717, 1.165) is 12.8 Å². The molecule has 1 atom stereocenters. The van der Waals surface area contributed by atoms with Crippen LogP contribution in [0, 0.1) is 5.92 Å². The minimum absolute atomic E-state index is 0.0367. The molecule has 1 aliphatic heterocycles. The lowest BCUT2D eigenvalue weighted by atomic mass is 10.1. The number of likely N-dealkylation sites (tertiary alicyclic amines) is 1. The number of H-pyrrole nitrogens is 1. The van der Waals surface area contributed by atoms with Gasteiger partial charge in [0.15, 0.2) is 6.61 Å². The van der Waals surface area contributed by atoms with Crippen LogP contribution in [0.5, 0.6) is 5.75 Å². The van der Waals surface area contributed by atoms with Crippen LogP contribution in [-0.4, -0.2) is 68.8 Å². The number of carbonyl (C=O) groups excluding carboxylic acids is 3. The largest absolute Gasteiger partial charge is 0.497 e. The first kappa shape index (κ1) is 25.4. The molecule has 11 heteroatoms. The Hall–Kier alpha value is -3.18. The summed E-state index contributed by atoms with van der Waals surface area (Å²) in [6.45, 7) is 4.10. The first-order valence-electron chi connectivity index (χ1n) is 11.0. The quantitative estimate of drug-likeness (QED) is 0.383. The Morgan fingerprint density at radius 1 is 1.12 bits per heavy atom. The normalized spacial score (nSPS) is 14.8. The van der Waals surface area contributed by atoms with E-state index < -0.39 is 40.3 Å². The van der Waals surface area contributed by atoms with Gasteiger partial charge in [0.2, 0.25) is 15.8 Å². The van der Waals surface area contributed by atoms with Crippen LogP contribution < -0.4 is 9.46 Å². The number of hydrogen-bond acceptors (Lipinski definition) is 7. The molecule has 0 radical (unpaired) electrons. The van der Waals surface area contributed by atoms with Gasteiger partial charge in [-0.1, -0.05) is 13.8 Å². The van der Waals surface area contributed by atoms with Crippen molar-refractivity contribution in [3.63, 3.8) is 0 Å². The summed E-state index contributed by atoms with van der Waals surface area (Å²) in [5, 5.41) is 0. The summed E-state index contributed by atoms with van der Waals surface area (Å²) in [6, 6.07) is 5.95. The summed E-state index contributed by atoms with van der Waals surface area (Å²) in [4.78, 5) is 42.0. The number of ether oxygens (including phenoxy) is 2. The van der Waals surface area contributed by atoms with Crippen molar-refractivity contribution in [3.8, 4) is 5.75 Å². The number of carbonyl (C=O) groups is 3. The lowest BCUT2D eigenvalue weighted by Crippen LogP contribution is -2.45. The average molecular weight is 492 g/mol. The Morgan fingerprint density at radius 3 is 2.35 bits per heavy atom. The Bertz CT molecular complexity index is 1130. The van der Waals surface area contributed by atoms with E-state index >= 15 is 0 Å². The fourth-order valence-electron chi connectivity index (χ4n) is 3.53. The van der Waals surface area contributed by atoms with Gasteiger partial charge < -0.3 is 19.4 Å². The van der Waals surface area contributed by atoms with Crippen molar-refractivity contribution < 1.29 is 32.3 Å². The third-order valence-electron chi connectivity index (χ3n) is 5.55. The SMILES string of the molecule is COc1ccc(S(=O)(=O)N[C@H](C(=O)OCC(=O)c2c[nH]c(C(=O)N3CCCC3)c2)C(C)C)cc1. The van der Waals surface area contributed by atoms with Crippen LogP contribution in [0.3, 0.4) is 0 Å². The van der Waals surface area contributed by atoms with E-state index in [0.29, 0.717) is 24.5 Å². The number of sulfonamides is 1. The molecular formula is C23H29N3O7S. The molecule has 1 saturated heterocycles. The van der Waals surface area contributed by atoms with Gasteiger partial charge in [0, 0.05) is 24.8 Å². The van der Waals surface area contributed by atoms with Crippen molar-refractivity contribution in [2.45, 2.75) is 37.6 Å². The van der Waals surface area contributed by atoms with Crippen molar-refractivity contribution in [1.29, 1.82) is 0 Å². The van der Waals surface area contributed by atoms with Crippen LogP contribution in [0.25, 0.3) is 0 Å². The van der Waals surface area contributed by atoms with Crippen molar-refractivity contribution in [3.05, 3.63) is 47.8 Å². The van der Waals surface area contributed by atoms with E-state index in [-0.39, 0.29) is 16.4 Å². The Morgan fingerprint density at radius 2 is 1.76 bits per heavy atom. The van der Waals surface area contributed by atoms with E-state index in [1.165, 1.54) is 43.6 Å². The van der Waals surface area contributed by atoms with Gasteiger partial charge in [-0.15, -0.1) is 0 Å². The third-order valence-corrected chi connectivity index (χ3v) is 7.00. The molecule has 1 amide bonds. The van der Waals surface area contributed by atoms with Gasteiger partial charge in [0.1, 0.15) is 17.5 Å². The zero-order valence-corrected chi connectivity index (χ0v) is 20.2. The van der Waals surface area contributed by atoms with E-state index in [1.54, 1.807) is 18.7 Å². The minimum Gasteiger partial charge on any atom is -0.497 e. The summed E-state index contributed by atoms with van der Waals surface area (Å²) in [6.07, 6.45) is 3.30. The molecule has 2 N–H and O–H groups in total. The second kappa shape index (κ2) is 10.8. The van der Waals surface area contributed by atoms with Gasteiger partial charge in [-0.05, 0) is 49.1 Å². The number of ketones is 1. The number of methoxy groups -OCH3 is 1. The topological polar surface area (TPSA) is 135 Å². The zero-order chi connectivity index (χ0) is 24.9. The molecule has 0 unspecified atom stereocenters. The van der Waals surface area contributed by atoms with Gasteiger partial charge in [-0.2, -0.15) is 4.72 Å². The summed E-state index contributed by atoms with van der Waals surface area (Å²) >= 11 is 0. The smallest absolute Gasteiger partial charge is 0.324 e. The molecule has 1 aliphatic rings. The predicted molar refractivity (Wildman–Crippen MR) is 123 cm³/mol. The van der Waals surface area contributed by atoms with Crippen molar-refractivity contribution >= 4 is 27.7 Å². The molecule has 184 valence electrons. The van der Waals surface area contributed by atoms with Crippen LogP contribution in [-0.2, 0) is 19.6 Å². The number of aromatic amines is 1. The average Bonchev–Trinajstić information content (AvgIpc) is 3.53.